The third-order valence-corrected chi connectivity index (χ3v) is 4.81. The lowest BCUT2D eigenvalue weighted by atomic mass is 10.3. The number of hydrogen-bond acceptors (Lipinski definition) is 6. The number of nitrogens with zero attached hydrogens (tertiary/aromatic N) is 2. The molecule has 0 radical (unpaired) electrons. The Balaban J connectivity index is 1.74. The molecule has 0 aliphatic carbocycles. The number of thiophene rings is 1. The lowest BCUT2D eigenvalue weighted by Crippen LogP contribution is -1.89. The van der Waals surface area contributed by atoms with Gasteiger partial charge in [0.05, 0.1) is 17.2 Å². The Morgan fingerprint density at radius 1 is 1.24 bits per heavy atom. The van der Waals surface area contributed by atoms with Crippen molar-refractivity contribution in [1.82, 2.24) is 10.2 Å². The molecule has 3 aromatic rings. The highest BCUT2D eigenvalue weighted by Crippen LogP contribution is 2.36. The van der Waals surface area contributed by atoms with Crippen molar-refractivity contribution in [3.05, 3.63) is 47.7 Å². The number of ether oxygens (including phenoxy) is 1. The molecule has 0 saturated heterocycles. The lowest BCUT2D eigenvalue weighted by molar-refractivity contribution is 0.413. The third-order valence-electron chi connectivity index (χ3n) is 2.87. The normalized spacial score (nSPS) is 12.3. The van der Waals surface area contributed by atoms with Gasteiger partial charge in [-0.15, -0.1) is 33.3 Å². The van der Waals surface area contributed by atoms with Gasteiger partial charge in [-0.05, 0) is 36.6 Å². The van der Waals surface area contributed by atoms with E-state index >= 15 is 0 Å². The molecular weight excluding hydrogens is 304 g/mol. The summed E-state index contributed by atoms with van der Waals surface area (Å²) in [6, 6.07) is 11.9. The molecule has 0 fully saturated rings. The molecule has 21 heavy (non-hydrogen) atoms. The number of rotatable bonds is 5. The number of benzene rings is 1. The predicted molar refractivity (Wildman–Crippen MR) is 84.9 cm³/mol. The maximum Gasteiger partial charge on any atom is 0.257 e. The molecule has 0 spiro atoms. The average Bonchev–Trinajstić information content (AvgIpc) is 3.18. The Labute approximate surface area is 131 Å². The summed E-state index contributed by atoms with van der Waals surface area (Å²) in [5, 5.41) is 10.3. The van der Waals surface area contributed by atoms with Crippen LogP contribution in [0.15, 0.2) is 51.1 Å². The van der Waals surface area contributed by atoms with Crippen LogP contribution in [-0.4, -0.2) is 17.3 Å². The van der Waals surface area contributed by atoms with E-state index in [1.54, 1.807) is 30.2 Å². The maximum absolute atomic E-state index is 5.75. The van der Waals surface area contributed by atoms with Crippen molar-refractivity contribution in [1.29, 1.82) is 0 Å². The molecule has 1 aromatic carbocycles. The highest BCUT2D eigenvalue weighted by atomic mass is 32.2. The fourth-order valence-corrected chi connectivity index (χ4v) is 3.42. The SMILES string of the molecule is COc1cccc(SC(C)c2nnc(-c3cccs3)o2)c1. The third kappa shape index (κ3) is 3.28. The second-order valence-electron chi connectivity index (χ2n) is 4.36. The van der Waals surface area contributed by atoms with Crippen LogP contribution in [0, 0.1) is 0 Å². The molecule has 1 atom stereocenters. The van der Waals surface area contributed by atoms with Gasteiger partial charge in [-0.1, -0.05) is 12.1 Å². The molecule has 0 amide bonds. The number of aromatic nitrogens is 2. The fourth-order valence-electron chi connectivity index (χ4n) is 1.83. The smallest absolute Gasteiger partial charge is 0.257 e. The summed E-state index contributed by atoms with van der Waals surface area (Å²) in [4.78, 5) is 2.10. The average molecular weight is 318 g/mol. The Hall–Kier alpha value is -1.79. The first-order chi connectivity index (χ1) is 10.3. The van der Waals surface area contributed by atoms with Gasteiger partial charge in [-0.25, -0.2) is 0 Å². The van der Waals surface area contributed by atoms with E-state index in [1.165, 1.54) is 0 Å². The lowest BCUT2D eigenvalue weighted by Gasteiger charge is -2.07. The molecule has 108 valence electrons. The molecule has 0 N–H and O–H groups in total. The van der Waals surface area contributed by atoms with Crippen LogP contribution >= 0.6 is 23.1 Å². The number of thioether (sulfide) groups is 1. The van der Waals surface area contributed by atoms with E-state index < -0.39 is 0 Å². The molecule has 2 aromatic heterocycles. The molecule has 0 aliphatic heterocycles. The van der Waals surface area contributed by atoms with E-state index in [1.807, 2.05) is 41.8 Å². The number of methoxy groups -OCH3 is 1. The molecule has 6 heteroatoms. The summed E-state index contributed by atoms with van der Waals surface area (Å²) < 4.78 is 11.0. The predicted octanol–water partition coefficient (Wildman–Crippen LogP) is 4.66. The molecule has 0 aliphatic rings. The van der Waals surface area contributed by atoms with E-state index in [4.69, 9.17) is 9.15 Å². The summed E-state index contributed by atoms with van der Waals surface area (Å²) in [6.45, 7) is 2.05. The molecule has 4 nitrogen and oxygen atoms in total. The first kappa shape index (κ1) is 14.2. The summed E-state index contributed by atoms with van der Waals surface area (Å²) in [7, 11) is 1.67. The molecule has 1 unspecified atom stereocenters. The van der Waals surface area contributed by atoms with Crippen LogP contribution in [-0.2, 0) is 0 Å². The van der Waals surface area contributed by atoms with Crippen molar-refractivity contribution in [2.45, 2.75) is 17.1 Å². The molecule has 0 bridgehead atoms. The van der Waals surface area contributed by atoms with Gasteiger partial charge in [0.15, 0.2) is 0 Å². The van der Waals surface area contributed by atoms with Gasteiger partial charge < -0.3 is 9.15 Å². The number of hydrogen-bond donors (Lipinski definition) is 0. The summed E-state index contributed by atoms with van der Waals surface area (Å²) in [6.07, 6.45) is 0. The van der Waals surface area contributed by atoms with Gasteiger partial charge in [-0.2, -0.15) is 0 Å². The van der Waals surface area contributed by atoms with Crippen molar-refractivity contribution in [3.63, 3.8) is 0 Å². The summed E-state index contributed by atoms with van der Waals surface area (Å²) in [5.41, 5.74) is 0. The van der Waals surface area contributed by atoms with Crippen molar-refractivity contribution in [2.24, 2.45) is 0 Å². The van der Waals surface area contributed by atoms with Gasteiger partial charge in [0, 0.05) is 4.90 Å². The van der Waals surface area contributed by atoms with E-state index in [9.17, 15) is 0 Å². The van der Waals surface area contributed by atoms with Crippen molar-refractivity contribution in [3.8, 4) is 16.5 Å². The minimum atomic E-state index is 0.0818. The van der Waals surface area contributed by atoms with Crippen molar-refractivity contribution in [2.75, 3.05) is 7.11 Å². The quantitative estimate of drug-likeness (QED) is 0.640. The van der Waals surface area contributed by atoms with E-state index in [0.29, 0.717) is 11.8 Å². The van der Waals surface area contributed by atoms with Crippen LogP contribution in [0.1, 0.15) is 18.1 Å². The van der Waals surface area contributed by atoms with Gasteiger partial charge >= 0.3 is 0 Å². The first-order valence-electron chi connectivity index (χ1n) is 6.44. The largest absolute Gasteiger partial charge is 0.497 e. The second kappa shape index (κ2) is 6.32. The Bertz CT molecular complexity index is 710. The van der Waals surface area contributed by atoms with Crippen LogP contribution in [0.3, 0.4) is 0 Å². The van der Waals surface area contributed by atoms with Gasteiger partial charge in [0.25, 0.3) is 5.89 Å². The fraction of sp³-hybridized carbons (Fsp3) is 0.200. The van der Waals surface area contributed by atoms with Crippen LogP contribution in [0.2, 0.25) is 0 Å². The maximum atomic E-state index is 5.75. The van der Waals surface area contributed by atoms with Crippen LogP contribution in [0.5, 0.6) is 5.75 Å². The van der Waals surface area contributed by atoms with Gasteiger partial charge in [0.1, 0.15) is 5.75 Å². The van der Waals surface area contributed by atoms with E-state index in [2.05, 4.69) is 17.1 Å². The molecule has 0 saturated carbocycles. The zero-order valence-electron chi connectivity index (χ0n) is 11.6. The first-order valence-corrected chi connectivity index (χ1v) is 8.20. The summed E-state index contributed by atoms with van der Waals surface area (Å²) >= 11 is 3.25. The summed E-state index contributed by atoms with van der Waals surface area (Å²) in [5.74, 6) is 2.06. The monoisotopic (exact) mass is 318 g/mol. The molecule has 3 rings (SSSR count). The van der Waals surface area contributed by atoms with Gasteiger partial charge in [0.2, 0.25) is 5.89 Å². The highest BCUT2D eigenvalue weighted by Gasteiger charge is 2.16. The van der Waals surface area contributed by atoms with Crippen LogP contribution in [0.25, 0.3) is 10.8 Å². The Morgan fingerprint density at radius 2 is 2.14 bits per heavy atom. The Morgan fingerprint density at radius 3 is 2.90 bits per heavy atom. The zero-order chi connectivity index (χ0) is 14.7. The van der Waals surface area contributed by atoms with Gasteiger partial charge in [-0.3, -0.25) is 0 Å². The van der Waals surface area contributed by atoms with Crippen LogP contribution in [0.4, 0.5) is 0 Å². The van der Waals surface area contributed by atoms with Crippen LogP contribution < -0.4 is 4.74 Å². The van der Waals surface area contributed by atoms with E-state index in [0.717, 1.165) is 15.5 Å². The second-order valence-corrected chi connectivity index (χ2v) is 6.72. The zero-order valence-corrected chi connectivity index (χ0v) is 13.3. The van der Waals surface area contributed by atoms with Crippen molar-refractivity contribution >= 4 is 23.1 Å². The van der Waals surface area contributed by atoms with Crippen molar-refractivity contribution < 1.29 is 9.15 Å². The molecular formula is C15H14N2O2S2. The minimum absolute atomic E-state index is 0.0818. The topological polar surface area (TPSA) is 48.2 Å². The minimum Gasteiger partial charge on any atom is -0.497 e. The molecule has 2 heterocycles. The highest BCUT2D eigenvalue weighted by molar-refractivity contribution is 7.99. The van der Waals surface area contributed by atoms with E-state index in [-0.39, 0.29) is 5.25 Å². The standard InChI is InChI=1S/C15H14N2O2S2/c1-10(21-12-6-3-5-11(9-12)18-2)14-16-17-15(19-14)13-7-4-8-20-13/h3-10H,1-2H3. The Kier molecular flexibility index (Phi) is 4.26.